The summed E-state index contributed by atoms with van der Waals surface area (Å²) in [5.74, 6) is 3.87. The van der Waals surface area contributed by atoms with Crippen molar-refractivity contribution < 1.29 is 13.9 Å². The molecule has 3 nitrogen and oxygen atoms in total. The van der Waals surface area contributed by atoms with Crippen LogP contribution >= 0.6 is 11.8 Å². The van der Waals surface area contributed by atoms with Crippen LogP contribution in [-0.4, -0.2) is 14.1 Å². The van der Waals surface area contributed by atoms with Crippen LogP contribution in [0, 0.1) is 0 Å². The third-order valence-corrected chi connectivity index (χ3v) is 5.22. The number of unbranched alkanes of at least 4 members (excludes halogenated alkanes) is 1. The number of hydrogen-bond acceptors (Lipinski definition) is 4. The predicted molar refractivity (Wildman–Crippen MR) is 122 cm³/mol. The summed E-state index contributed by atoms with van der Waals surface area (Å²) in [6, 6.07) is 19.5. The molecule has 0 aliphatic heterocycles. The van der Waals surface area contributed by atoms with Crippen LogP contribution in [0.25, 0.3) is 0 Å². The first-order chi connectivity index (χ1) is 13.5. The molecule has 0 bridgehead atoms. The van der Waals surface area contributed by atoms with Crippen molar-refractivity contribution in [1.29, 1.82) is 0 Å². The summed E-state index contributed by atoms with van der Waals surface area (Å²) in [7, 11) is -1.87. The lowest BCUT2D eigenvalue weighted by molar-refractivity contribution is 0.325. The molecule has 0 aliphatic rings. The number of rotatable bonds is 11. The van der Waals surface area contributed by atoms with Crippen molar-refractivity contribution in [3.8, 4) is 11.5 Å². The zero-order valence-electron chi connectivity index (χ0n) is 17.2. The van der Waals surface area contributed by atoms with Crippen molar-refractivity contribution in [1.82, 2.24) is 0 Å². The fourth-order valence-electron chi connectivity index (χ4n) is 2.19. The van der Waals surface area contributed by atoms with Gasteiger partial charge in [0.15, 0.2) is 11.5 Å². The maximum absolute atomic E-state index is 6.32. The molecule has 2 aromatic rings. The predicted octanol–water partition coefficient (Wildman–Crippen LogP) is 7.21. The smallest absolute Gasteiger partial charge is 0.242 e. The minimum Gasteiger partial charge on any atom is -0.540 e. The van der Waals surface area contributed by atoms with Gasteiger partial charge in [-0.25, -0.2) is 0 Å². The second kappa shape index (κ2) is 11.7. The van der Waals surface area contributed by atoms with Gasteiger partial charge in [0.1, 0.15) is 17.8 Å². The zero-order valence-corrected chi connectivity index (χ0v) is 19.0. The molecule has 0 fully saturated rings. The molecule has 5 heteroatoms. The molecular weight excluding hydrogens is 384 g/mol. The van der Waals surface area contributed by atoms with E-state index < -0.39 is 8.32 Å². The van der Waals surface area contributed by atoms with Gasteiger partial charge < -0.3 is 13.9 Å². The third-order valence-electron chi connectivity index (χ3n) is 3.48. The maximum Gasteiger partial charge on any atom is 0.242 e. The number of para-hydroxylation sites is 2. The SMILES string of the molecule is CCCCS/C=C(Oc1ccccc1)/C(=C/Oc1ccccc1)O[Si](C)(C)C. The van der Waals surface area contributed by atoms with Crippen molar-refractivity contribution in [3.63, 3.8) is 0 Å². The van der Waals surface area contributed by atoms with Gasteiger partial charge in [-0.2, -0.15) is 0 Å². The topological polar surface area (TPSA) is 27.7 Å². The van der Waals surface area contributed by atoms with Gasteiger partial charge in [0.2, 0.25) is 8.32 Å². The van der Waals surface area contributed by atoms with Gasteiger partial charge in [0.25, 0.3) is 0 Å². The Morgan fingerprint density at radius 1 is 0.893 bits per heavy atom. The average Bonchev–Trinajstić information content (AvgIpc) is 2.68. The molecule has 0 radical (unpaired) electrons. The molecule has 0 saturated carbocycles. The van der Waals surface area contributed by atoms with Gasteiger partial charge in [-0.15, -0.1) is 11.8 Å². The molecule has 0 N–H and O–H groups in total. The monoisotopic (exact) mass is 414 g/mol. The van der Waals surface area contributed by atoms with E-state index >= 15 is 0 Å². The Hall–Kier alpha value is -2.11. The average molecular weight is 415 g/mol. The zero-order chi connectivity index (χ0) is 20.2. The van der Waals surface area contributed by atoms with Crippen molar-refractivity contribution in [3.05, 3.63) is 83.9 Å². The summed E-state index contributed by atoms with van der Waals surface area (Å²) in [5.41, 5.74) is 0. The number of benzene rings is 2. The molecule has 0 unspecified atom stereocenters. The van der Waals surface area contributed by atoms with E-state index in [-0.39, 0.29) is 0 Å². The van der Waals surface area contributed by atoms with Crippen LogP contribution in [0.2, 0.25) is 19.6 Å². The van der Waals surface area contributed by atoms with Crippen molar-refractivity contribution in [2.45, 2.75) is 39.4 Å². The fourth-order valence-corrected chi connectivity index (χ4v) is 3.89. The van der Waals surface area contributed by atoms with Crippen molar-refractivity contribution in [2.24, 2.45) is 0 Å². The largest absolute Gasteiger partial charge is 0.540 e. The van der Waals surface area contributed by atoms with Gasteiger partial charge in [-0.3, -0.25) is 0 Å². The number of ether oxygens (including phenoxy) is 2. The van der Waals surface area contributed by atoms with Gasteiger partial charge in [-0.1, -0.05) is 49.7 Å². The summed E-state index contributed by atoms with van der Waals surface area (Å²) >= 11 is 1.73. The van der Waals surface area contributed by atoms with Gasteiger partial charge in [-0.05, 0) is 56.1 Å². The van der Waals surface area contributed by atoms with Crippen molar-refractivity contribution >= 4 is 20.1 Å². The Kier molecular flexibility index (Phi) is 9.24. The second-order valence-corrected chi connectivity index (χ2v) is 12.7. The van der Waals surface area contributed by atoms with E-state index in [2.05, 4.69) is 26.6 Å². The van der Waals surface area contributed by atoms with Crippen LogP contribution in [0.4, 0.5) is 0 Å². The summed E-state index contributed by atoms with van der Waals surface area (Å²) < 4.78 is 18.4. The first-order valence-electron chi connectivity index (χ1n) is 9.64. The lowest BCUT2D eigenvalue weighted by atomic mass is 10.3. The summed E-state index contributed by atoms with van der Waals surface area (Å²) in [4.78, 5) is 0. The lowest BCUT2D eigenvalue weighted by Crippen LogP contribution is -2.26. The van der Waals surface area contributed by atoms with E-state index in [1.807, 2.05) is 66.1 Å². The molecular formula is C23H30O3SSi. The third kappa shape index (κ3) is 8.72. The molecule has 0 saturated heterocycles. The van der Waals surface area contributed by atoms with Crippen LogP contribution < -0.4 is 9.47 Å². The van der Waals surface area contributed by atoms with E-state index in [0.29, 0.717) is 11.5 Å². The lowest BCUT2D eigenvalue weighted by Gasteiger charge is -2.23. The standard InChI is InChI=1S/C23H30O3SSi/c1-5-6-17-27-19-23(25-21-15-11-8-12-16-21)22(26-28(2,3)4)18-24-20-13-9-7-10-14-20/h7-16,18-19H,5-6,17H2,1-4H3/b22-18-,23-19-. The highest BCUT2D eigenvalue weighted by atomic mass is 32.2. The maximum atomic E-state index is 6.32. The Morgan fingerprint density at radius 2 is 1.50 bits per heavy atom. The highest BCUT2D eigenvalue weighted by Crippen LogP contribution is 2.26. The summed E-state index contributed by atoms with van der Waals surface area (Å²) in [6.45, 7) is 8.63. The van der Waals surface area contributed by atoms with Gasteiger partial charge >= 0.3 is 0 Å². The first-order valence-corrected chi connectivity index (χ1v) is 14.1. The van der Waals surface area contributed by atoms with Crippen LogP contribution in [0.15, 0.2) is 83.9 Å². The van der Waals surface area contributed by atoms with Crippen LogP contribution in [-0.2, 0) is 4.43 Å². The van der Waals surface area contributed by atoms with Crippen LogP contribution in [0.3, 0.4) is 0 Å². The minimum atomic E-state index is -1.87. The molecule has 0 aliphatic carbocycles. The fraction of sp³-hybridized carbons (Fsp3) is 0.304. The normalized spacial score (nSPS) is 12.6. The van der Waals surface area contributed by atoms with E-state index in [1.54, 1.807) is 18.0 Å². The Morgan fingerprint density at radius 3 is 2.07 bits per heavy atom. The Labute approximate surface area is 174 Å². The quantitative estimate of drug-likeness (QED) is 0.168. The van der Waals surface area contributed by atoms with Gasteiger partial charge in [0.05, 0.1) is 0 Å². The van der Waals surface area contributed by atoms with E-state index in [4.69, 9.17) is 13.9 Å². The molecule has 0 spiro atoms. The van der Waals surface area contributed by atoms with E-state index in [1.165, 1.54) is 6.42 Å². The molecule has 0 atom stereocenters. The molecule has 150 valence electrons. The van der Waals surface area contributed by atoms with E-state index in [9.17, 15) is 0 Å². The molecule has 0 aromatic heterocycles. The van der Waals surface area contributed by atoms with Gasteiger partial charge in [0, 0.05) is 5.41 Å². The first kappa shape index (κ1) is 22.2. The molecule has 2 rings (SSSR count). The molecule has 2 aromatic carbocycles. The highest BCUT2D eigenvalue weighted by molar-refractivity contribution is 8.02. The Balaban J connectivity index is 2.29. The summed E-state index contributed by atoms with van der Waals surface area (Å²) in [5, 5.41) is 2.03. The molecule has 0 amide bonds. The van der Waals surface area contributed by atoms with E-state index in [0.717, 1.165) is 23.7 Å². The minimum absolute atomic E-state index is 0.621. The van der Waals surface area contributed by atoms with Crippen LogP contribution in [0.1, 0.15) is 19.8 Å². The number of hydrogen-bond donors (Lipinski definition) is 0. The molecule has 28 heavy (non-hydrogen) atoms. The highest BCUT2D eigenvalue weighted by Gasteiger charge is 2.22. The van der Waals surface area contributed by atoms with Crippen molar-refractivity contribution in [2.75, 3.05) is 5.75 Å². The number of thioether (sulfide) groups is 1. The summed E-state index contributed by atoms with van der Waals surface area (Å²) in [6.07, 6.45) is 3.98. The van der Waals surface area contributed by atoms with Crippen LogP contribution in [0.5, 0.6) is 11.5 Å². The Bertz CT molecular complexity index is 752. The second-order valence-electron chi connectivity index (χ2n) is 7.25. The molecule has 0 heterocycles.